The van der Waals surface area contributed by atoms with Gasteiger partial charge in [-0.05, 0) is 37.5 Å². The maximum absolute atomic E-state index is 11.4. The number of anilines is 1. The Morgan fingerprint density at radius 2 is 2.29 bits per heavy atom. The Labute approximate surface area is 102 Å². The highest BCUT2D eigenvalue weighted by Crippen LogP contribution is 2.12. The first kappa shape index (κ1) is 13.7. The third-order valence-electron chi connectivity index (χ3n) is 2.27. The van der Waals surface area contributed by atoms with Gasteiger partial charge in [-0.25, -0.2) is 0 Å². The lowest BCUT2D eigenvalue weighted by Gasteiger charge is -2.07. The van der Waals surface area contributed by atoms with Crippen molar-refractivity contribution in [2.45, 2.75) is 19.8 Å². The van der Waals surface area contributed by atoms with E-state index >= 15 is 0 Å². The van der Waals surface area contributed by atoms with Gasteiger partial charge in [-0.2, -0.15) is 0 Å². The molecule has 1 amide bonds. The van der Waals surface area contributed by atoms with Crippen LogP contribution in [0.4, 0.5) is 5.69 Å². The zero-order valence-corrected chi connectivity index (χ0v) is 10.1. The summed E-state index contributed by atoms with van der Waals surface area (Å²) in [5.41, 5.74) is 1.87. The van der Waals surface area contributed by atoms with Crippen LogP contribution < -0.4 is 5.32 Å². The Hall–Kier alpha value is -1.39. The largest absolute Gasteiger partial charge is 0.396 e. The van der Waals surface area contributed by atoms with Crippen LogP contribution >= 0.6 is 0 Å². The Morgan fingerprint density at radius 1 is 1.47 bits per heavy atom. The van der Waals surface area contributed by atoms with Crippen molar-refractivity contribution < 1.29 is 14.6 Å². The topological polar surface area (TPSA) is 58.6 Å². The summed E-state index contributed by atoms with van der Waals surface area (Å²) >= 11 is 0. The predicted molar refractivity (Wildman–Crippen MR) is 67.0 cm³/mol. The maximum Gasteiger partial charge on any atom is 0.250 e. The van der Waals surface area contributed by atoms with Crippen LogP contribution in [0.2, 0.25) is 0 Å². The number of aliphatic hydroxyl groups is 1. The van der Waals surface area contributed by atoms with E-state index in [0.29, 0.717) is 6.61 Å². The molecule has 1 aromatic carbocycles. The zero-order valence-electron chi connectivity index (χ0n) is 10.1. The summed E-state index contributed by atoms with van der Waals surface area (Å²) in [7, 11) is 0. The second-order valence-corrected chi connectivity index (χ2v) is 3.71. The van der Waals surface area contributed by atoms with Crippen molar-refractivity contribution in [3.63, 3.8) is 0 Å². The molecule has 0 fully saturated rings. The van der Waals surface area contributed by atoms with Crippen molar-refractivity contribution in [1.29, 1.82) is 0 Å². The fourth-order valence-electron chi connectivity index (χ4n) is 1.48. The minimum atomic E-state index is -0.147. The molecule has 0 aliphatic heterocycles. The molecule has 4 nitrogen and oxygen atoms in total. The number of carbonyl (C=O) groups is 1. The molecular formula is C13H19NO3. The van der Waals surface area contributed by atoms with E-state index in [2.05, 4.69) is 5.32 Å². The van der Waals surface area contributed by atoms with Crippen LogP contribution in [0, 0.1) is 0 Å². The van der Waals surface area contributed by atoms with Crippen molar-refractivity contribution >= 4 is 11.6 Å². The Balaban J connectivity index is 2.50. The Kier molecular flexibility index (Phi) is 6.29. The van der Waals surface area contributed by atoms with E-state index in [4.69, 9.17) is 9.84 Å². The van der Waals surface area contributed by atoms with Crippen molar-refractivity contribution in [1.82, 2.24) is 0 Å². The minimum absolute atomic E-state index is 0.0807. The minimum Gasteiger partial charge on any atom is -0.396 e. The molecule has 0 aromatic heterocycles. The number of hydrogen-bond acceptors (Lipinski definition) is 3. The SMILES string of the molecule is CCOCC(=O)Nc1cccc(CCCO)c1. The van der Waals surface area contributed by atoms with Crippen molar-refractivity contribution in [2.24, 2.45) is 0 Å². The number of amides is 1. The van der Waals surface area contributed by atoms with Crippen molar-refractivity contribution in [3.05, 3.63) is 29.8 Å². The predicted octanol–water partition coefficient (Wildman–Crippen LogP) is 1.59. The van der Waals surface area contributed by atoms with Crippen LogP contribution in [0.3, 0.4) is 0 Å². The first-order valence-electron chi connectivity index (χ1n) is 5.83. The van der Waals surface area contributed by atoms with Crippen LogP contribution in [0.25, 0.3) is 0 Å². The quantitative estimate of drug-likeness (QED) is 0.757. The van der Waals surface area contributed by atoms with Gasteiger partial charge in [-0.3, -0.25) is 4.79 Å². The molecule has 0 bridgehead atoms. The molecule has 0 atom stereocenters. The molecule has 0 saturated heterocycles. The van der Waals surface area contributed by atoms with E-state index in [0.717, 1.165) is 24.1 Å². The summed E-state index contributed by atoms with van der Waals surface area (Å²) in [5.74, 6) is -0.147. The molecule has 0 saturated carbocycles. The number of aliphatic hydroxyl groups excluding tert-OH is 1. The number of carbonyl (C=O) groups excluding carboxylic acids is 1. The molecule has 0 unspecified atom stereocenters. The van der Waals surface area contributed by atoms with Crippen LogP contribution in [0.1, 0.15) is 18.9 Å². The molecule has 4 heteroatoms. The number of ether oxygens (including phenoxy) is 1. The van der Waals surface area contributed by atoms with E-state index in [1.54, 1.807) is 0 Å². The average Bonchev–Trinajstić information content (AvgIpc) is 2.34. The molecule has 0 spiro atoms. The summed E-state index contributed by atoms with van der Waals surface area (Å²) in [6.45, 7) is 2.64. The van der Waals surface area contributed by atoms with Gasteiger partial charge in [-0.1, -0.05) is 12.1 Å². The molecule has 0 radical (unpaired) electrons. The lowest BCUT2D eigenvalue weighted by Crippen LogP contribution is -2.18. The fourth-order valence-corrected chi connectivity index (χ4v) is 1.48. The molecule has 0 heterocycles. The summed E-state index contributed by atoms with van der Waals surface area (Å²) in [6.07, 6.45) is 1.54. The smallest absolute Gasteiger partial charge is 0.250 e. The fraction of sp³-hybridized carbons (Fsp3) is 0.462. The van der Waals surface area contributed by atoms with E-state index in [1.165, 1.54) is 0 Å². The monoisotopic (exact) mass is 237 g/mol. The van der Waals surface area contributed by atoms with E-state index < -0.39 is 0 Å². The Morgan fingerprint density at radius 3 is 3.00 bits per heavy atom. The highest BCUT2D eigenvalue weighted by atomic mass is 16.5. The van der Waals surface area contributed by atoms with Gasteiger partial charge in [0.25, 0.3) is 0 Å². The first-order valence-corrected chi connectivity index (χ1v) is 5.83. The zero-order chi connectivity index (χ0) is 12.5. The second kappa shape index (κ2) is 7.81. The van der Waals surface area contributed by atoms with Crippen molar-refractivity contribution in [3.8, 4) is 0 Å². The third-order valence-corrected chi connectivity index (χ3v) is 2.27. The number of aryl methyl sites for hydroxylation is 1. The normalized spacial score (nSPS) is 10.2. The number of nitrogens with one attached hydrogen (secondary N) is 1. The summed E-state index contributed by atoms with van der Waals surface area (Å²) in [5, 5.41) is 11.5. The average molecular weight is 237 g/mol. The van der Waals surface area contributed by atoms with Crippen LogP contribution in [-0.2, 0) is 16.0 Å². The summed E-state index contributed by atoms with van der Waals surface area (Å²) in [6, 6.07) is 7.63. The molecule has 17 heavy (non-hydrogen) atoms. The number of hydrogen-bond donors (Lipinski definition) is 2. The molecule has 0 aliphatic rings. The summed E-state index contributed by atoms with van der Waals surface area (Å²) < 4.78 is 5.02. The van der Waals surface area contributed by atoms with Crippen molar-refractivity contribution in [2.75, 3.05) is 25.1 Å². The molecule has 94 valence electrons. The molecule has 1 rings (SSSR count). The lowest BCUT2D eigenvalue weighted by molar-refractivity contribution is -0.120. The van der Waals surface area contributed by atoms with Gasteiger partial charge < -0.3 is 15.2 Å². The molecular weight excluding hydrogens is 218 g/mol. The van der Waals surface area contributed by atoms with Crippen LogP contribution in [0.5, 0.6) is 0 Å². The molecule has 2 N–H and O–H groups in total. The van der Waals surface area contributed by atoms with Crippen LogP contribution in [-0.4, -0.2) is 30.8 Å². The Bertz CT molecular complexity index is 352. The highest BCUT2D eigenvalue weighted by molar-refractivity contribution is 5.91. The van der Waals surface area contributed by atoms with Gasteiger partial charge in [-0.15, -0.1) is 0 Å². The second-order valence-electron chi connectivity index (χ2n) is 3.71. The third kappa shape index (κ3) is 5.47. The number of rotatable bonds is 7. The van der Waals surface area contributed by atoms with Gasteiger partial charge in [0.05, 0.1) is 0 Å². The van der Waals surface area contributed by atoms with E-state index in [9.17, 15) is 4.79 Å². The van der Waals surface area contributed by atoms with Gasteiger partial charge in [0.1, 0.15) is 6.61 Å². The van der Waals surface area contributed by atoms with E-state index in [-0.39, 0.29) is 19.1 Å². The van der Waals surface area contributed by atoms with Gasteiger partial charge in [0.15, 0.2) is 0 Å². The standard InChI is InChI=1S/C13H19NO3/c1-2-17-10-13(16)14-12-7-3-5-11(9-12)6-4-8-15/h3,5,7,9,15H,2,4,6,8,10H2,1H3,(H,14,16). The van der Waals surface area contributed by atoms with Gasteiger partial charge in [0, 0.05) is 18.9 Å². The summed E-state index contributed by atoms with van der Waals surface area (Å²) in [4.78, 5) is 11.4. The van der Waals surface area contributed by atoms with E-state index in [1.807, 2.05) is 31.2 Å². The highest BCUT2D eigenvalue weighted by Gasteiger charge is 2.02. The lowest BCUT2D eigenvalue weighted by atomic mass is 10.1. The van der Waals surface area contributed by atoms with Gasteiger partial charge in [0.2, 0.25) is 5.91 Å². The first-order chi connectivity index (χ1) is 8.26. The number of benzene rings is 1. The van der Waals surface area contributed by atoms with Gasteiger partial charge >= 0.3 is 0 Å². The maximum atomic E-state index is 11.4. The van der Waals surface area contributed by atoms with Crippen LogP contribution in [0.15, 0.2) is 24.3 Å². The molecule has 0 aliphatic carbocycles. The molecule has 1 aromatic rings.